The lowest BCUT2D eigenvalue weighted by atomic mass is 10.1. The maximum atomic E-state index is 5.80. The number of hydrogen-bond acceptors (Lipinski definition) is 4. The summed E-state index contributed by atoms with van der Waals surface area (Å²) < 4.78 is 5.80. The van der Waals surface area contributed by atoms with Gasteiger partial charge in [0, 0.05) is 18.0 Å². The minimum Gasteiger partial charge on any atom is -0.485 e. The second-order valence-corrected chi connectivity index (χ2v) is 4.83. The highest BCUT2D eigenvalue weighted by atomic mass is 16.5. The molecule has 0 saturated heterocycles. The van der Waals surface area contributed by atoms with Gasteiger partial charge in [-0.3, -0.25) is 10.1 Å². The van der Waals surface area contributed by atoms with Gasteiger partial charge in [-0.2, -0.15) is 5.10 Å². The minimum atomic E-state index is 0.359. The van der Waals surface area contributed by atoms with Gasteiger partial charge in [0.05, 0.1) is 0 Å². The van der Waals surface area contributed by atoms with E-state index in [4.69, 9.17) is 4.74 Å². The zero-order valence-electron chi connectivity index (χ0n) is 12.0. The number of aromatic nitrogens is 4. The molecule has 5 nitrogen and oxygen atoms in total. The molecule has 0 unspecified atom stereocenters. The number of nitrogens with one attached hydrogen (secondary N) is 1. The Bertz CT molecular complexity index is 737. The molecule has 3 rings (SSSR count). The van der Waals surface area contributed by atoms with Crippen molar-refractivity contribution in [3.63, 3.8) is 0 Å². The quantitative estimate of drug-likeness (QED) is 0.797. The van der Waals surface area contributed by atoms with Crippen molar-refractivity contribution in [1.29, 1.82) is 0 Å². The molecule has 2 heterocycles. The van der Waals surface area contributed by atoms with Crippen LogP contribution in [0.25, 0.3) is 11.4 Å². The average Bonchev–Trinajstić information content (AvgIpc) is 2.99. The summed E-state index contributed by atoms with van der Waals surface area (Å²) in [5, 5.41) is 7.08. The third-order valence-electron chi connectivity index (χ3n) is 3.37. The molecule has 106 valence electrons. The topological polar surface area (TPSA) is 63.7 Å². The first-order chi connectivity index (χ1) is 10.2. The Kier molecular flexibility index (Phi) is 3.64. The fourth-order valence-corrected chi connectivity index (χ4v) is 2.01. The number of H-pyrrole nitrogens is 1. The molecular formula is C16H16N4O. The van der Waals surface area contributed by atoms with Crippen molar-refractivity contribution in [2.24, 2.45) is 0 Å². The number of hydrogen-bond donors (Lipinski definition) is 1. The predicted molar refractivity (Wildman–Crippen MR) is 79.9 cm³/mol. The lowest BCUT2D eigenvalue weighted by molar-refractivity contribution is 0.294. The van der Waals surface area contributed by atoms with E-state index in [1.807, 2.05) is 31.2 Å². The second kappa shape index (κ2) is 5.75. The minimum absolute atomic E-state index is 0.359. The highest BCUT2D eigenvalue weighted by Crippen LogP contribution is 2.21. The van der Waals surface area contributed by atoms with Gasteiger partial charge in [-0.1, -0.05) is 12.1 Å². The van der Waals surface area contributed by atoms with Crippen molar-refractivity contribution in [3.05, 3.63) is 59.7 Å². The number of rotatable bonds is 4. The van der Waals surface area contributed by atoms with Crippen LogP contribution >= 0.6 is 0 Å². The number of pyridine rings is 1. The van der Waals surface area contributed by atoms with E-state index >= 15 is 0 Å². The molecule has 21 heavy (non-hydrogen) atoms. The molecule has 0 aliphatic carbocycles. The summed E-state index contributed by atoms with van der Waals surface area (Å²) in [6, 6.07) is 9.79. The van der Waals surface area contributed by atoms with Gasteiger partial charge in [-0.05, 0) is 43.2 Å². The first kappa shape index (κ1) is 13.3. The molecule has 0 fully saturated rings. The standard InChI is InChI=1S/C16H16N4O/c1-11-5-3-7-14(12(11)2)21-10-15-18-16(20-19-15)13-6-4-8-17-9-13/h3-9H,10H2,1-2H3,(H,18,19,20). The second-order valence-electron chi connectivity index (χ2n) is 4.83. The van der Waals surface area contributed by atoms with Gasteiger partial charge in [-0.25, -0.2) is 4.98 Å². The maximum Gasteiger partial charge on any atom is 0.182 e. The normalized spacial score (nSPS) is 10.6. The number of aromatic amines is 1. The van der Waals surface area contributed by atoms with Crippen LogP contribution in [0.15, 0.2) is 42.7 Å². The predicted octanol–water partition coefficient (Wildman–Crippen LogP) is 3.06. The molecule has 2 aromatic heterocycles. The van der Waals surface area contributed by atoms with Crippen LogP contribution in [0.4, 0.5) is 0 Å². The maximum absolute atomic E-state index is 5.80. The highest BCUT2D eigenvalue weighted by molar-refractivity contribution is 5.52. The molecule has 1 N–H and O–H groups in total. The highest BCUT2D eigenvalue weighted by Gasteiger charge is 2.07. The fraction of sp³-hybridized carbons (Fsp3) is 0.188. The van der Waals surface area contributed by atoms with E-state index in [0.29, 0.717) is 18.3 Å². The molecule has 5 heteroatoms. The smallest absolute Gasteiger partial charge is 0.182 e. The third kappa shape index (κ3) is 2.91. The van der Waals surface area contributed by atoms with Crippen LogP contribution in [0.5, 0.6) is 5.75 Å². The molecule has 3 aromatic rings. The number of nitrogens with zero attached hydrogens (tertiary/aromatic N) is 3. The van der Waals surface area contributed by atoms with Crippen LogP contribution in [0, 0.1) is 13.8 Å². The van der Waals surface area contributed by atoms with Crippen LogP contribution in [-0.4, -0.2) is 20.2 Å². The largest absolute Gasteiger partial charge is 0.485 e. The lowest BCUT2D eigenvalue weighted by Crippen LogP contribution is -1.99. The van der Waals surface area contributed by atoms with Crippen LogP contribution in [0.1, 0.15) is 17.0 Å². The van der Waals surface area contributed by atoms with Crippen molar-refractivity contribution in [1.82, 2.24) is 20.2 Å². The molecule has 0 spiro atoms. The number of ether oxygens (including phenoxy) is 1. The van der Waals surface area contributed by atoms with E-state index < -0.39 is 0 Å². The Hall–Kier alpha value is -2.69. The van der Waals surface area contributed by atoms with E-state index in [1.165, 1.54) is 5.56 Å². The van der Waals surface area contributed by atoms with E-state index in [9.17, 15) is 0 Å². The summed E-state index contributed by atoms with van der Waals surface area (Å²) >= 11 is 0. The summed E-state index contributed by atoms with van der Waals surface area (Å²) in [5.74, 6) is 2.19. The number of aryl methyl sites for hydroxylation is 1. The lowest BCUT2D eigenvalue weighted by Gasteiger charge is -2.09. The van der Waals surface area contributed by atoms with Gasteiger partial charge in [0.25, 0.3) is 0 Å². The summed E-state index contributed by atoms with van der Waals surface area (Å²) in [4.78, 5) is 8.48. The molecule has 0 radical (unpaired) electrons. The van der Waals surface area contributed by atoms with Crippen LogP contribution in [0.3, 0.4) is 0 Å². The molecule has 0 saturated carbocycles. The Labute approximate surface area is 123 Å². The first-order valence-corrected chi connectivity index (χ1v) is 6.75. The molecule has 0 aliphatic rings. The summed E-state index contributed by atoms with van der Waals surface area (Å²) in [7, 11) is 0. The summed E-state index contributed by atoms with van der Waals surface area (Å²) in [5.41, 5.74) is 3.23. The van der Waals surface area contributed by atoms with Crippen molar-refractivity contribution in [2.75, 3.05) is 0 Å². The van der Waals surface area contributed by atoms with Crippen molar-refractivity contribution in [2.45, 2.75) is 20.5 Å². The SMILES string of the molecule is Cc1cccc(OCc2nc(-c3cccnc3)n[nH]2)c1C. The first-order valence-electron chi connectivity index (χ1n) is 6.75. The Morgan fingerprint density at radius 1 is 1.14 bits per heavy atom. The van der Waals surface area contributed by atoms with Crippen LogP contribution in [0.2, 0.25) is 0 Å². The average molecular weight is 280 g/mol. The molecule has 0 bridgehead atoms. The zero-order valence-corrected chi connectivity index (χ0v) is 12.0. The van der Waals surface area contributed by atoms with Gasteiger partial charge in [0.2, 0.25) is 0 Å². The monoisotopic (exact) mass is 280 g/mol. The Morgan fingerprint density at radius 3 is 2.86 bits per heavy atom. The van der Waals surface area contributed by atoms with E-state index in [2.05, 4.69) is 33.2 Å². The van der Waals surface area contributed by atoms with Gasteiger partial charge in [0.15, 0.2) is 11.6 Å². The van der Waals surface area contributed by atoms with E-state index in [1.54, 1.807) is 12.4 Å². The molecular weight excluding hydrogens is 264 g/mol. The molecule has 1 aromatic carbocycles. The van der Waals surface area contributed by atoms with E-state index in [-0.39, 0.29) is 0 Å². The summed E-state index contributed by atoms with van der Waals surface area (Å²) in [6.45, 7) is 4.47. The molecule has 0 atom stereocenters. The summed E-state index contributed by atoms with van der Waals surface area (Å²) in [6.07, 6.45) is 3.46. The van der Waals surface area contributed by atoms with Crippen molar-refractivity contribution < 1.29 is 4.74 Å². The number of benzene rings is 1. The van der Waals surface area contributed by atoms with Gasteiger partial charge in [0.1, 0.15) is 12.4 Å². The Morgan fingerprint density at radius 2 is 2.05 bits per heavy atom. The van der Waals surface area contributed by atoms with Crippen molar-refractivity contribution >= 4 is 0 Å². The fourth-order valence-electron chi connectivity index (χ4n) is 2.01. The van der Waals surface area contributed by atoms with E-state index in [0.717, 1.165) is 16.9 Å². The van der Waals surface area contributed by atoms with Gasteiger partial charge < -0.3 is 4.74 Å². The zero-order chi connectivity index (χ0) is 14.7. The molecule has 0 aliphatic heterocycles. The molecule has 0 amide bonds. The van der Waals surface area contributed by atoms with Crippen LogP contribution in [-0.2, 0) is 6.61 Å². The van der Waals surface area contributed by atoms with Crippen molar-refractivity contribution in [3.8, 4) is 17.1 Å². The van der Waals surface area contributed by atoms with Gasteiger partial charge >= 0.3 is 0 Å². The third-order valence-corrected chi connectivity index (χ3v) is 3.37. The Balaban J connectivity index is 1.72. The van der Waals surface area contributed by atoms with Crippen LogP contribution < -0.4 is 4.74 Å². The van der Waals surface area contributed by atoms with Gasteiger partial charge in [-0.15, -0.1) is 0 Å².